The minimum Gasteiger partial charge on any atom is -0.375 e. The Balaban J connectivity index is 1.49. The van der Waals surface area contributed by atoms with Crippen molar-refractivity contribution in [1.82, 2.24) is 30.3 Å². The molecule has 8 nitrogen and oxygen atoms in total. The molecule has 130 valence electrons. The van der Waals surface area contributed by atoms with E-state index in [2.05, 4.69) is 39.6 Å². The maximum atomic E-state index is 12.3. The van der Waals surface area contributed by atoms with Gasteiger partial charge in [0, 0.05) is 26.2 Å². The van der Waals surface area contributed by atoms with Crippen LogP contribution in [0.4, 0.5) is 0 Å². The van der Waals surface area contributed by atoms with Gasteiger partial charge in [0.05, 0.1) is 12.7 Å². The topological polar surface area (TPSA) is 84.6 Å². The van der Waals surface area contributed by atoms with Crippen LogP contribution in [0.15, 0.2) is 18.2 Å². The number of rotatable bonds is 6. The van der Waals surface area contributed by atoms with Crippen molar-refractivity contribution in [2.45, 2.75) is 26.4 Å². The average Bonchev–Trinajstić information content (AvgIpc) is 3.03. The van der Waals surface area contributed by atoms with Gasteiger partial charge in [0.25, 0.3) is 5.91 Å². The number of nitrogens with one attached hydrogen (secondary N) is 1. The van der Waals surface area contributed by atoms with Crippen LogP contribution in [0.5, 0.6) is 0 Å². The zero-order valence-electron chi connectivity index (χ0n) is 14.2. The van der Waals surface area contributed by atoms with E-state index in [1.165, 1.54) is 4.52 Å². The van der Waals surface area contributed by atoms with Gasteiger partial charge in [-0.05, 0) is 34.9 Å². The first-order chi connectivity index (χ1) is 11.6. The Hall–Kier alpha value is -2.06. The second-order valence-corrected chi connectivity index (χ2v) is 6.55. The number of morpholine rings is 1. The Morgan fingerprint density at radius 3 is 3.17 bits per heavy atom. The van der Waals surface area contributed by atoms with Crippen molar-refractivity contribution in [3.05, 3.63) is 23.9 Å². The number of nitrogens with zero attached hydrogens (tertiary/aromatic N) is 5. The molecular formula is C16H24N6O2. The van der Waals surface area contributed by atoms with Crippen LogP contribution in [0, 0.1) is 5.92 Å². The summed E-state index contributed by atoms with van der Waals surface area (Å²) in [5.74, 6) is 0.475. The zero-order chi connectivity index (χ0) is 16.9. The van der Waals surface area contributed by atoms with Crippen LogP contribution in [0.25, 0.3) is 5.65 Å². The summed E-state index contributed by atoms with van der Waals surface area (Å²) < 4.78 is 7.25. The predicted octanol–water partition coefficient (Wildman–Crippen LogP) is 0.601. The molecule has 0 aliphatic carbocycles. The fourth-order valence-electron chi connectivity index (χ4n) is 3.01. The summed E-state index contributed by atoms with van der Waals surface area (Å²) in [4.78, 5) is 14.8. The summed E-state index contributed by atoms with van der Waals surface area (Å²) in [5.41, 5.74) is 0.992. The van der Waals surface area contributed by atoms with Crippen LogP contribution < -0.4 is 5.32 Å². The average molecular weight is 332 g/mol. The third-order valence-corrected chi connectivity index (χ3v) is 4.05. The monoisotopic (exact) mass is 332 g/mol. The number of hydrogen-bond acceptors (Lipinski definition) is 6. The van der Waals surface area contributed by atoms with Gasteiger partial charge in [-0.2, -0.15) is 4.52 Å². The van der Waals surface area contributed by atoms with Crippen LogP contribution in [0.2, 0.25) is 0 Å². The molecule has 1 amide bonds. The molecule has 24 heavy (non-hydrogen) atoms. The van der Waals surface area contributed by atoms with E-state index in [9.17, 15) is 4.79 Å². The third kappa shape index (κ3) is 4.07. The van der Waals surface area contributed by atoms with E-state index in [-0.39, 0.29) is 12.0 Å². The minimum absolute atomic E-state index is 0.168. The smallest absolute Gasteiger partial charge is 0.270 e. The Morgan fingerprint density at radius 1 is 1.46 bits per heavy atom. The Kier molecular flexibility index (Phi) is 5.37. The molecule has 1 fully saturated rings. The molecule has 0 unspecified atom stereocenters. The second kappa shape index (κ2) is 7.67. The molecule has 1 aliphatic rings. The van der Waals surface area contributed by atoms with E-state index in [0.717, 1.165) is 32.7 Å². The molecule has 2 aromatic heterocycles. The minimum atomic E-state index is -0.178. The van der Waals surface area contributed by atoms with Gasteiger partial charge in [0.1, 0.15) is 5.69 Å². The molecule has 3 heterocycles. The second-order valence-electron chi connectivity index (χ2n) is 6.55. The van der Waals surface area contributed by atoms with Crippen LogP contribution in [0.1, 0.15) is 30.8 Å². The molecule has 3 rings (SSSR count). The molecule has 2 aromatic rings. The van der Waals surface area contributed by atoms with E-state index >= 15 is 0 Å². The molecule has 8 heteroatoms. The number of carbonyl (C=O) groups is 1. The van der Waals surface area contributed by atoms with Gasteiger partial charge < -0.3 is 10.1 Å². The van der Waals surface area contributed by atoms with Crippen molar-refractivity contribution >= 4 is 11.6 Å². The maximum absolute atomic E-state index is 12.3. The number of aromatic nitrogens is 4. The van der Waals surface area contributed by atoms with E-state index < -0.39 is 0 Å². The highest BCUT2D eigenvalue weighted by atomic mass is 16.5. The van der Waals surface area contributed by atoms with Gasteiger partial charge in [0.15, 0.2) is 5.65 Å². The van der Waals surface area contributed by atoms with Gasteiger partial charge in [-0.15, -0.1) is 5.10 Å². The van der Waals surface area contributed by atoms with Crippen molar-refractivity contribution in [1.29, 1.82) is 0 Å². The van der Waals surface area contributed by atoms with Crippen molar-refractivity contribution in [3.63, 3.8) is 0 Å². The number of pyridine rings is 1. The van der Waals surface area contributed by atoms with Crippen molar-refractivity contribution in [3.8, 4) is 0 Å². The van der Waals surface area contributed by atoms with Gasteiger partial charge >= 0.3 is 0 Å². The summed E-state index contributed by atoms with van der Waals surface area (Å²) in [7, 11) is 0. The van der Waals surface area contributed by atoms with Crippen molar-refractivity contribution in [2.75, 3.05) is 32.8 Å². The van der Waals surface area contributed by atoms with Gasteiger partial charge in [-0.25, -0.2) is 0 Å². The van der Waals surface area contributed by atoms with E-state index in [0.29, 0.717) is 23.8 Å². The largest absolute Gasteiger partial charge is 0.375 e. The lowest BCUT2D eigenvalue weighted by atomic mass is 10.1. The molecule has 0 bridgehead atoms. The Labute approximate surface area is 141 Å². The Morgan fingerprint density at radius 2 is 2.33 bits per heavy atom. The van der Waals surface area contributed by atoms with Gasteiger partial charge in [0.2, 0.25) is 0 Å². The molecule has 1 atom stereocenters. The quantitative estimate of drug-likeness (QED) is 0.834. The lowest BCUT2D eigenvalue weighted by Crippen LogP contribution is -2.45. The molecule has 0 spiro atoms. The summed E-state index contributed by atoms with van der Waals surface area (Å²) in [6.07, 6.45) is 0.966. The van der Waals surface area contributed by atoms with Crippen LogP contribution in [-0.4, -0.2) is 69.7 Å². The maximum Gasteiger partial charge on any atom is 0.270 e. The van der Waals surface area contributed by atoms with Crippen LogP contribution in [0.3, 0.4) is 0 Å². The van der Waals surface area contributed by atoms with E-state index in [1.807, 2.05) is 0 Å². The normalized spacial score (nSPS) is 19.0. The molecule has 1 N–H and O–H groups in total. The zero-order valence-corrected chi connectivity index (χ0v) is 14.2. The van der Waals surface area contributed by atoms with Crippen LogP contribution in [-0.2, 0) is 4.74 Å². The lowest BCUT2D eigenvalue weighted by molar-refractivity contribution is -0.0344. The molecule has 1 saturated heterocycles. The number of fused-ring (bicyclic) bond motifs is 1. The van der Waals surface area contributed by atoms with Crippen molar-refractivity contribution in [2.24, 2.45) is 5.92 Å². The number of carbonyl (C=O) groups excluding carboxylic acids is 1. The molecular weight excluding hydrogens is 308 g/mol. The standard InChI is InChI=1S/C16H24N6O2/c1-12(2)10-21-8-9-24-13(11-21)6-7-17-16(23)14-4-3-5-15-18-19-20-22(14)15/h3-5,12-13H,6-11H2,1-2H3,(H,17,23)/t13-/m1/s1. The molecule has 0 aromatic carbocycles. The van der Waals surface area contributed by atoms with E-state index in [1.54, 1.807) is 18.2 Å². The fourth-order valence-corrected chi connectivity index (χ4v) is 3.01. The number of tetrazole rings is 1. The molecule has 0 saturated carbocycles. The lowest BCUT2D eigenvalue weighted by Gasteiger charge is -2.34. The third-order valence-electron chi connectivity index (χ3n) is 4.05. The summed E-state index contributed by atoms with van der Waals surface area (Å²) in [6.45, 7) is 8.79. The van der Waals surface area contributed by atoms with E-state index in [4.69, 9.17) is 4.74 Å². The molecule has 1 aliphatic heterocycles. The van der Waals surface area contributed by atoms with Crippen molar-refractivity contribution < 1.29 is 9.53 Å². The first-order valence-electron chi connectivity index (χ1n) is 8.43. The number of amides is 1. The van der Waals surface area contributed by atoms with Gasteiger partial charge in [-0.3, -0.25) is 9.69 Å². The highest BCUT2D eigenvalue weighted by Crippen LogP contribution is 2.10. The number of hydrogen-bond donors (Lipinski definition) is 1. The highest BCUT2D eigenvalue weighted by molar-refractivity contribution is 5.92. The molecule has 0 radical (unpaired) electrons. The van der Waals surface area contributed by atoms with Gasteiger partial charge in [-0.1, -0.05) is 19.9 Å². The summed E-state index contributed by atoms with van der Waals surface area (Å²) in [5, 5.41) is 14.2. The summed E-state index contributed by atoms with van der Waals surface area (Å²) in [6, 6.07) is 5.24. The SMILES string of the molecule is CC(C)CN1CCO[C@H](CCNC(=O)c2cccc3nnnn23)C1. The first-order valence-corrected chi connectivity index (χ1v) is 8.43. The Bertz CT molecular complexity index is 686. The predicted molar refractivity (Wildman–Crippen MR) is 88.8 cm³/mol. The van der Waals surface area contributed by atoms with Crippen LogP contribution >= 0.6 is 0 Å². The summed E-state index contributed by atoms with van der Waals surface area (Å²) >= 11 is 0. The highest BCUT2D eigenvalue weighted by Gasteiger charge is 2.21. The number of ether oxygens (including phenoxy) is 1. The fraction of sp³-hybridized carbons (Fsp3) is 0.625. The first kappa shape index (κ1) is 16.8.